The number of carbonyl (C=O) groups excluding carboxylic acids is 1. The smallest absolute Gasteiger partial charge is 0.147 e. The average molecular weight is 128 g/mol. The first-order valence-electron chi connectivity index (χ1n) is 3.56. The standard InChI is InChI=1S/C7H13NO/c1-5-4-8-6(2)3-7(5)9/h5-6,8H,3-4H2,1-2H3/p+1/t5-,6+/m0/s1. The van der Waals surface area contributed by atoms with E-state index in [2.05, 4.69) is 12.2 Å². The molecule has 1 aliphatic heterocycles. The van der Waals surface area contributed by atoms with Crippen LogP contribution in [0.3, 0.4) is 0 Å². The summed E-state index contributed by atoms with van der Waals surface area (Å²) in [4.78, 5) is 11.0. The number of hydrogen-bond acceptors (Lipinski definition) is 1. The summed E-state index contributed by atoms with van der Waals surface area (Å²) in [7, 11) is 0. The first-order valence-corrected chi connectivity index (χ1v) is 3.56. The summed E-state index contributed by atoms with van der Waals surface area (Å²) in [6, 6.07) is 0.522. The molecule has 0 aromatic rings. The third kappa shape index (κ3) is 1.52. The summed E-state index contributed by atoms with van der Waals surface area (Å²) < 4.78 is 0. The van der Waals surface area contributed by atoms with E-state index in [1.165, 1.54) is 0 Å². The molecular weight excluding hydrogens is 114 g/mol. The Morgan fingerprint density at radius 1 is 1.56 bits per heavy atom. The van der Waals surface area contributed by atoms with Crippen molar-refractivity contribution >= 4 is 5.78 Å². The van der Waals surface area contributed by atoms with E-state index in [0.717, 1.165) is 13.0 Å². The molecule has 0 unspecified atom stereocenters. The molecule has 2 atom stereocenters. The topological polar surface area (TPSA) is 33.7 Å². The third-order valence-electron chi connectivity index (χ3n) is 1.96. The van der Waals surface area contributed by atoms with Gasteiger partial charge in [-0.3, -0.25) is 4.79 Å². The summed E-state index contributed by atoms with van der Waals surface area (Å²) >= 11 is 0. The highest BCUT2D eigenvalue weighted by molar-refractivity contribution is 5.81. The van der Waals surface area contributed by atoms with Crippen molar-refractivity contribution in [1.82, 2.24) is 0 Å². The van der Waals surface area contributed by atoms with Gasteiger partial charge in [0, 0.05) is 0 Å². The number of ketones is 1. The molecule has 0 spiro atoms. The van der Waals surface area contributed by atoms with Gasteiger partial charge in [0.25, 0.3) is 0 Å². The average Bonchev–Trinajstić information content (AvgIpc) is 1.80. The predicted molar refractivity (Wildman–Crippen MR) is 35.0 cm³/mol. The molecule has 0 aliphatic carbocycles. The second kappa shape index (κ2) is 2.48. The predicted octanol–water partition coefficient (Wildman–Crippen LogP) is -0.453. The van der Waals surface area contributed by atoms with Crippen molar-refractivity contribution in [2.24, 2.45) is 5.92 Å². The molecule has 1 fully saturated rings. The third-order valence-corrected chi connectivity index (χ3v) is 1.96. The number of carbonyl (C=O) groups is 1. The first kappa shape index (κ1) is 6.75. The minimum absolute atomic E-state index is 0.293. The zero-order valence-corrected chi connectivity index (χ0v) is 6.05. The van der Waals surface area contributed by atoms with Crippen molar-refractivity contribution in [2.75, 3.05) is 6.54 Å². The number of nitrogens with two attached hydrogens (primary N) is 1. The van der Waals surface area contributed by atoms with Crippen LogP contribution in [0.5, 0.6) is 0 Å². The fraction of sp³-hybridized carbons (Fsp3) is 0.857. The summed E-state index contributed by atoms with van der Waals surface area (Å²) in [5.74, 6) is 0.728. The Bertz CT molecular complexity index is 122. The molecule has 1 heterocycles. The zero-order valence-electron chi connectivity index (χ0n) is 6.05. The van der Waals surface area contributed by atoms with Crippen molar-refractivity contribution in [3.63, 3.8) is 0 Å². The number of quaternary nitrogens is 1. The Kier molecular flexibility index (Phi) is 1.86. The number of piperidine rings is 1. The van der Waals surface area contributed by atoms with Crippen LogP contribution < -0.4 is 5.32 Å². The van der Waals surface area contributed by atoms with Crippen LogP contribution in [0.4, 0.5) is 0 Å². The van der Waals surface area contributed by atoms with Gasteiger partial charge in [0.05, 0.1) is 24.9 Å². The molecule has 0 bridgehead atoms. The summed E-state index contributed by atoms with van der Waals surface area (Å²) in [6.07, 6.45) is 0.765. The molecule has 1 rings (SSSR count). The van der Waals surface area contributed by atoms with E-state index in [1.54, 1.807) is 0 Å². The molecule has 9 heavy (non-hydrogen) atoms. The molecule has 1 saturated heterocycles. The molecule has 2 N–H and O–H groups in total. The van der Waals surface area contributed by atoms with Gasteiger partial charge >= 0.3 is 0 Å². The lowest BCUT2D eigenvalue weighted by molar-refractivity contribution is -0.692. The van der Waals surface area contributed by atoms with E-state index >= 15 is 0 Å². The van der Waals surface area contributed by atoms with Crippen LogP contribution in [0.25, 0.3) is 0 Å². The van der Waals surface area contributed by atoms with Crippen molar-refractivity contribution in [2.45, 2.75) is 26.3 Å². The quantitative estimate of drug-likeness (QED) is 0.471. The number of Topliss-reactive ketones (excluding diaryl/α,β-unsaturated/α-hetero) is 1. The molecule has 2 nitrogen and oxygen atoms in total. The van der Waals surface area contributed by atoms with Crippen LogP contribution in [0.1, 0.15) is 20.3 Å². The lowest BCUT2D eigenvalue weighted by atomic mass is 9.96. The van der Waals surface area contributed by atoms with Gasteiger partial charge < -0.3 is 5.32 Å². The van der Waals surface area contributed by atoms with Crippen LogP contribution in [0, 0.1) is 5.92 Å². The van der Waals surface area contributed by atoms with Gasteiger partial charge in [0.1, 0.15) is 5.78 Å². The second-order valence-corrected chi connectivity index (χ2v) is 3.02. The van der Waals surface area contributed by atoms with E-state index < -0.39 is 0 Å². The maximum atomic E-state index is 11.0. The maximum absolute atomic E-state index is 11.0. The molecule has 0 aromatic heterocycles. The minimum atomic E-state index is 0.293. The lowest BCUT2D eigenvalue weighted by Crippen LogP contribution is -2.92. The van der Waals surface area contributed by atoms with Gasteiger partial charge in [-0.1, -0.05) is 6.92 Å². The van der Waals surface area contributed by atoms with Crippen molar-refractivity contribution in [3.8, 4) is 0 Å². The molecule has 52 valence electrons. The highest BCUT2D eigenvalue weighted by Gasteiger charge is 2.24. The number of rotatable bonds is 0. The van der Waals surface area contributed by atoms with Crippen molar-refractivity contribution in [1.29, 1.82) is 0 Å². The van der Waals surface area contributed by atoms with Crippen LogP contribution in [0.15, 0.2) is 0 Å². The van der Waals surface area contributed by atoms with Crippen LogP contribution >= 0.6 is 0 Å². The number of hydrogen-bond donors (Lipinski definition) is 1. The van der Waals surface area contributed by atoms with Crippen LogP contribution in [-0.4, -0.2) is 18.4 Å². The Balaban J connectivity index is 2.44. The van der Waals surface area contributed by atoms with Crippen LogP contribution in [0.2, 0.25) is 0 Å². The van der Waals surface area contributed by atoms with Crippen molar-refractivity contribution in [3.05, 3.63) is 0 Å². The Labute approximate surface area is 55.6 Å². The normalized spacial score (nSPS) is 36.9. The fourth-order valence-electron chi connectivity index (χ4n) is 1.17. The summed E-state index contributed by atoms with van der Waals surface area (Å²) in [5, 5.41) is 2.24. The molecule has 0 amide bonds. The van der Waals surface area contributed by atoms with Gasteiger partial charge in [0.2, 0.25) is 0 Å². The summed E-state index contributed by atoms with van der Waals surface area (Å²) in [5.41, 5.74) is 0. The maximum Gasteiger partial charge on any atom is 0.147 e. The molecular formula is C7H14NO+. The molecule has 0 radical (unpaired) electrons. The molecule has 0 aromatic carbocycles. The SMILES string of the molecule is C[C@@H]1CC(=O)[C@@H](C)C[NH2+]1. The molecule has 2 heteroatoms. The van der Waals surface area contributed by atoms with E-state index in [9.17, 15) is 4.79 Å². The second-order valence-electron chi connectivity index (χ2n) is 3.02. The van der Waals surface area contributed by atoms with Gasteiger partial charge in [-0.15, -0.1) is 0 Å². The lowest BCUT2D eigenvalue weighted by Gasteiger charge is -2.19. The van der Waals surface area contributed by atoms with Gasteiger partial charge in [0.15, 0.2) is 0 Å². The highest BCUT2D eigenvalue weighted by Crippen LogP contribution is 2.02. The monoisotopic (exact) mass is 128 g/mol. The zero-order chi connectivity index (χ0) is 6.85. The van der Waals surface area contributed by atoms with E-state index in [1.807, 2.05) is 6.92 Å². The van der Waals surface area contributed by atoms with Crippen molar-refractivity contribution < 1.29 is 10.1 Å². The Morgan fingerprint density at radius 2 is 2.22 bits per heavy atom. The van der Waals surface area contributed by atoms with Crippen LogP contribution in [-0.2, 0) is 4.79 Å². The minimum Gasteiger partial charge on any atom is -0.343 e. The van der Waals surface area contributed by atoms with E-state index in [0.29, 0.717) is 17.7 Å². The van der Waals surface area contributed by atoms with Gasteiger partial charge in [-0.25, -0.2) is 0 Å². The fourth-order valence-corrected chi connectivity index (χ4v) is 1.17. The first-order chi connectivity index (χ1) is 4.20. The largest absolute Gasteiger partial charge is 0.343 e. The Hall–Kier alpha value is -0.370. The van der Waals surface area contributed by atoms with Gasteiger partial charge in [-0.2, -0.15) is 0 Å². The Morgan fingerprint density at radius 3 is 2.67 bits per heavy atom. The van der Waals surface area contributed by atoms with E-state index in [4.69, 9.17) is 0 Å². The van der Waals surface area contributed by atoms with Gasteiger partial charge in [-0.05, 0) is 6.92 Å². The molecule has 0 saturated carbocycles. The highest BCUT2D eigenvalue weighted by atomic mass is 16.1. The molecule has 1 aliphatic rings. The van der Waals surface area contributed by atoms with E-state index in [-0.39, 0.29) is 0 Å². The summed E-state index contributed by atoms with van der Waals surface area (Å²) in [6.45, 7) is 5.09.